The van der Waals surface area contributed by atoms with Gasteiger partial charge in [-0.05, 0) is 31.2 Å². The first-order valence-electron chi connectivity index (χ1n) is 8.26. The highest BCUT2D eigenvalue weighted by atomic mass is 16.5. The molecule has 0 unspecified atom stereocenters. The van der Waals surface area contributed by atoms with Gasteiger partial charge in [-0.25, -0.2) is 4.79 Å². The highest BCUT2D eigenvalue weighted by Crippen LogP contribution is 2.22. The summed E-state index contributed by atoms with van der Waals surface area (Å²) >= 11 is 0. The SMILES string of the molecule is C=C(C(=O)OC)n1c(C)cc2ccccc21.c1ccc2ncccc2c1. The fraction of sp³-hybridized carbons (Fsp3) is 0.0909. The number of pyridine rings is 1. The molecule has 26 heavy (non-hydrogen) atoms. The van der Waals surface area contributed by atoms with Crippen molar-refractivity contribution >= 4 is 33.5 Å². The van der Waals surface area contributed by atoms with Gasteiger partial charge in [0.2, 0.25) is 0 Å². The summed E-state index contributed by atoms with van der Waals surface area (Å²) in [6.45, 7) is 5.71. The van der Waals surface area contributed by atoms with Crippen LogP contribution in [0.15, 0.2) is 79.5 Å². The van der Waals surface area contributed by atoms with E-state index in [2.05, 4.69) is 28.4 Å². The van der Waals surface area contributed by atoms with Crippen LogP contribution < -0.4 is 0 Å². The lowest BCUT2D eigenvalue weighted by Crippen LogP contribution is -2.10. The van der Waals surface area contributed by atoms with Gasteiger partial charge in [-0.2, -0.15) is 0 Å². The number of hydrogen-bond acceptors (Lipinski definition) is 3. The second-order valence-corrected chi connectivity index (χ2v) is 5.81. The summed E-state index contributed by atoms with van der Waals surface area (Å²) in [6.07, 6.45) is 1.81. The third-order valence-electron chi connectivity index (χ3n) is 4.10. The molecule has 0 bridgehead atoms. The van der Waals surface area contributed by atoms with Gasteiger partial charge in [0.1, 0.15) is 5.70 Å². The molecule has 4 aromatic rings. The van der Waals surface area contributed by atoms with E-state index in [0.717, 1.165) is 22.1 Å². The van der Waals surface area contributed by atoms with Crippen molar-refractivity contribution in [3.63, 3.8) is 0 Å². The van der Waals surface area contributed by atoms with Crippen molar-refractivity contribution in [2.75, 3.05) is 7.11 Å². The molecule has 0 atom stereocenters. The number of hydrogen-bond donors (Lipinski definition) is 0. The van der Waals surface area contributed by atoms with Gasteiger partial charge in [0, 0.05) is 22.7 Å². The predicted molar refractivity (Wildman–Crippen MR) is 106 cm³/mol. The number of esters is 1. The van der Waals surface area contributed by atoms with E-state index in [1.807, 2.05) is 67.7 Å². The number of methoxy groups -OCH3 is 1. The first kappa shape index (κ1) is 17.4. The summed E-state index contributed by atoms with van der Waals surface area (Å²) in [7, 11) is 1.36. The first-order valence-corrected chi connectivity index (χ1v) is 8.26. The summed E-state index contributed by atoms with van der Waals surface area (Å²) in [5.41, 5.74) is 3.33. The van der Waals surface area contributed by atoms with Crippen molar-refractivity contribution < 1.29 is 9.53 Å². The Balaban J connectivity index is 0.000000167. The van der Waals surface area contributed by atoms with E-state index >= 15 is 0 Å². The van der Waals surface area contributed by atoms with Crippen LogP contribution in [0.3, 0.4) is 0 Å². The van der Waals surface area contributed by atoms with Crippen LogP contribution in [-0.4, -0.2) is 22.6 Å². The fourth-order valence-corrected chi connectivity index (χ4v) is 2.88. The maximum atomic E-state index is 11.5. The van der Waals surface area contributed by atoms with Gasteiger partial charge in [-0.3, -0.25) is 4.98 Å². The van der Waals surface area contributed by atoms with E-state index in [-0.39, 0.29) is 0 Å². The maximum absolute atomic E-state index is 11.5. The number of benzene rings is 2. The predicted octanol–water partition coefficient (Wildman–Crippen LogP) is 4.83. The van der Waals surface area contributed by atoms with Crippen molar-refractivity contribution in [1.82, 2.24) is 9.55 Å². The Morgan fingerprint density at radius 2 is 1.65 bits per heavy atom. The van der Waals surface area contributed by atoms with Gasteiger partial charge >= 0.3 is 5.97 Å². The zero-order chi connectivity index (χ0) is 18.5. The van der Waals surface area contributed by atoms with Gasteiger partial charge < -0.3 is 9.30 Å². The molecule has 0 saturated carbocycles. The quantitative estimate of drug-likeness (QED) is 0.386. The largest absolute Gasteiger partial charge is 0.464 e. The molecule has 0 aliphatic heterocycles. The highest BCUT2D eigenvalue weighted by Gasteiger charge is 2.14. The van der Waals surface area contributed by atoms with Crippen LogP contribution in [0.5, 0.6) is 0 Å². The topological polar surface area (TPSA) is 44.1 Å². The standard InChI is InChI=1S/C13H13NO2.C9H7N/c1-9-8-11-6-4-5-7-12(11)14(9)10(2)13(15)16-3;1-2-6-9-8(4-1)5-3-7-10-9/h4-8H,2H2,1,3H3;1-7H. The van der Waals surface area contributed by atoms with Gasteiger partial charge in [-0.1, -0.05) is 49.0 Å². The van der Waals surface area contributed by atoms with Crippen LogP contribution in [-0.2, 0) is 9.53 Å². The number of carbonyl (C=O) groups is 1. The lowest BCUT2D eigenvalue weighted by molar-refractivity contribution is -0.134. The zero-order valence-corrected chi connectivity index (χ0v) is 14.8. The minimum atomic E-state index is -0.413. The van der Waals surface area contributed by atoms with E-state index in [1.165, 1.54) is 12.5 Å². The number of fused-ring (bicyclic) bond motifs is 2. The van der Waals surface area contributed by atoms with E-state index in [0.29, 0.717) is 5.70 Å². The van der Waals surface area contributed by atoms with Crippen molar-refractivity contribution in [3.8, 4) is 0 Å². The number of para-hydroxylation sites is 2. The van der Waals surface area contributed by atoms with Crippen LogP contribution >= 0.6 is 0 Å². The monoisotopic (exact) mass is 344 g/mol. The molecule has 4 rings (SSSR count). The Hall–Kier alpha value is -3.40. The van der Waals surface area contributed by atoms with Crippen LogP contribution in [0, 0.1) is 6.92 Å². The second kappa shape index (κ2) is 7.66. The van der Waals surface area contributed by atoms with Gasteiger partial charge in [0.15, 0.2) is 0 Å². The lowest BCUT2D eigenvalue weighted by atomic mass is 10.2. The first-order chi connectivity index (χ1) is 12.6. The van der Waals surface area contributed by atoms with Gasteiger partial charge in [-0.15, -0.1) is 0 Å². The molecular weight excluding hydrogens is 324 g/mol. The molecule has 0 spiro atoms. The average molecular weight is 344 g/mol. The number of ether oxygens (including phenoxy) is 1. The van der Waals surface area contributed by atoms with Gasteiger partial charge in [0.25, 0.3) is 0 Å². The second-order valence-electron chi connectivity index (χ2n) is 5.81. The van der Waals surface area contributed by atoms with Crippen molar-refractivity contribution in [2.45, 2.75) is 6.92 Å². The molecule has 2 aromatic carbocycles. The Labute approximate surface area is 152 Å². The van der Waals surface area contributed by atoms with Crippen LogP contribution in [0.1, 0.15) is 5.69 Å². The van der Waals surface area contributed by atoms with Crippen LogP contribution in [0.2, 0.25) is 0 Å². The average Bonchev–Trinajstić information content (AvgIpc) is 3.03. The Morgan fingerprint density at radius 3 is 2.38 bits per heavy atom. The van der Waals surface area contributed by atoms with E-state index in [9.17, 15) is 4.79 Å². The number of rotatable bonds is 2. The molecule has 0 aliphatic rings. The maximum Gasteiger partial charge on any atom is 0.354 e. The normalized spacial score (nSPS) is 10.2. The molecule has 0 fully saturated rings. The minimum absolute atomic E-state index is 0.334. The van der Waals surface area contributed by atoms with Crippen molar-refractivity contribution in [1.29, 1.82) is 0 Å². The summed E-state index contributed by atoms with van der Waals surface area (Å²) in [5, 5.41) is 2.29. The molecule has 0 radical (unpaired) electrons. The number of aryl methyl sites for hydroxylation is 1. The lowest BCUT2D eigenvalue weighted by Gasteiger charge is -2.09. The van der Waals surface area contributed by atoms with Crippen molar-refractivity contribution in [2.24, 2.45) is 0 Å². The van der Waals surface area contributed by atoms with E-state index < -0.39 is 5.97 Å². The van der Waals surface area contributed by atoms with Crippen molar-refractivity contribution in [3.05, 3.63) is 85.2 Å². The number of aromatic nitrogens is 2. The number of nitrogens with zero attached hydrogens (tertiary/aromatic N) is 2. The molecule has 0 aliphatic carbocycles. The van der Waals surface area contributed by atoms with Crippen LogP contribution in [0.25, 0.3) is 27.5 Å². The minimum Gasteiger partial charge on any atom is -0.464 e. The van der Waals surface area contributed by atoms with E-state index in [4.69, 9.17) is 0 Å². The third-order valence-corrected chi connectivity index (χ3v) is 4.10. The molecule has 130 valence electrons. The molecule has 0 amide bonds. The molecule has 2 heterocycles. The summed E-state index contributed by atoms with van der Waals surface area (Å²) in [4.78, 5) is 15.6. The molecule has 4 heteroatoms. The third kappa shape index (κ3) is 3.49. The Morgan fingerprint density at radius 1 is 1.00 bits per heavy atom. The summed E-state index contributed by atoms with van der Waals surface area (Å²) in [5.74, 6) is -0.413. The summed E-state index contributed by atoms with van der Waals surface area (Å²) < 4.78 is 6.49. The van der Waals surface area contributed by atoms with E-state index in [1.54, 1.807) is 4.57 Å². The van der Waals surface area contributed by atoms with Gasteiger partial charge in [0.05, 0.1) is 18.1 Å². The number of carbonyl (C=O) groups excluding carboxylic acids is 1. The molecule has 0 N–H and O–H groups in total. The Kier molecular flexibility index (Phi) is 5.13. The summed E-state index contributed by atoms with van der Waals surface area (Å²) in [6, 6.07) is 22.0. The molecule has 4 nitrogen and oxygen atoms in total. The Bertz CT molecular complexity index is 1010. The molecule has 0 saturated heterocycles. The molecular formula is C22H20N2O2. The smallest absolute Gasteiger partial charge is 0.354 e. The fourth-order valence-electron chi connectivity index (χ4n) is 2.88. The van der Waals surface area contributed by atoms with Crippen LogP contribution in [0.4, 0.5) is 0 Å². The zero-order valence-electron chi connectivity index (χ0n) is 14.8. The molecule has 2 aromatic heterocycles. The highest BCUT2D eigenvalue weighted by molar-refractivity contribution is 6.11.